The molecule has 5 bridgehead atoms. The van der Waals surface area contributed by atoms with E-state index in [0.717, 1.165) is 16.5 Å². The van der Waals surface area contributed by atoms with Crippen LogP contribution in [0.4, 0.5) is 0 Å². The molecule has 11 nitrogen and oxygen atoms in total. The molecule has 0 aliphatic carbocycles. The van der Waals surface area contributed by atoms with Gasteiger partial charge in [-0.1, -0.05) is 44.2 Å². The Balaban J connectivity index is 1.57. The van der Waals surface area contributed by atoms with Crippen molar-refractivity contribution < 1.29 is 29.0 Å². The number of cyclic esters (lactones) is 1. The molecule has 4 N–H and O–H groups in total. The van der Waals surface area contributed by atoms with Gasteiger partial charge in [0.25, 0.3) is 5.91 Å². The van der Waals surface area contributed by atoms with Crippen LogP contribution in [0, 0.1) is 5.92 Å². The third-order valence-electron chi connectivity index (χ3n) is 8.01. The maximum atomic E-state index is 13.3. The number of pyridine rings is 1. The van der Waals surface area contributed by atoms with Gasteiger partial charge >= 0.3 is 5.97 Å². The van der Waals surface area contributed by atoms with Gasteiger partial charge in [-0.15, -0.1) is 0 Å². The van der Waals surface area contributed by atoms with Crippen LogP contribution >= 0.6 is 0 Å². The van der Waals surface area contributed by atoms with Crippen molar-refractivity contribution in [2.24, 2.45) is 5.92 Å². The summed E-state index contributed by atoms with van der Waals surface area (Å²) in [4.78, 5) is 44.4. The van der Waals surface area contributed by atoms with Crippen molar-refractivity contribution in [2.75, 3.05) is 13.2 Å². The molecule has 2 amide bonds. The van der Waals surface area contributed by atoms with Gasteiger partial charge in [-0.25, -0.2) is 10.4 Å². The lowest BCUT2D eigenvalue weighted by molar-refractivity contribution is -0.157. The lowest BCUT2D eigenvalue weighted by Gasteiger charge is -2.35. The summed E-state index contributed by atoms with van der Waals surface area (Å²) in [5, 5.41) is 19.0. The van der Waals surface area contributed by atoms with Crippen molar-refractivity contribution in [3.63, 3.8) is 0 Å². The molecule has 2 aliphatic rings. The minimum absolute atomic E-state index is 0.160. The van der Waals surface area contributed by atoms with Crippen molar-refractivity contribution in [2.45, 2.75) is 103 Å². The van der Waals surface area contributed by atoms with Gasteiger partial charge in [0, 0.05) is 18.4 Å². The number of benzene rings is 1. The molecule has 1 unspecified atom stereocenters. The summed E-state index contributed by atoms with van der Waals surface area (Å²) in [5.74, 6) is -1.40. The zero-order chi connectivity index (χ0) is 32.0. The average Bonchev–Trinajstić information content (AvgIpc) is 2.97. The summed E-state index contributed by atoms with van der Waals surface area (Å²) >= 11 is 0. The Morgan fingerprint density at radius 2 is 1.86 bits per heavy atom. The molecule has 1 aromatic carbocycles. The number of aromatic nitrogens is 1. The van der Waals surface area contributed by atoms with E-state index in [9.17, 15) is 19.5 Å². The topological polar surface area (TPSA) is 142 Å². The van der Waals surface area contributed by atoms with E-state index in [1.165, 1.54) is 5.01 Å². The van der Waals surface area contributed by atoms with Crippen LogP contribution in [0.15, 0.2) is 36.4 Å². The zero-order valence-electron chi connectivity index (χ0n) is 26.6. The van der Waals surface area contributed by atoms with E-state index in [1.807, 2.05) is 70.2 Å². The second-order valence-corrected chi connectivity index (χ2v) is 12.7. The third-order valence-corrected chi connectivity index (χ3v) is 8.01. The molecule has 44 heavy (non-hydrogen) atoms. The van der Waals surface area contributed by atoms with Crippen LogP contribution in [0.2, 0.25) is 0 Å². The van der Waals surface area contributed by atoms with Crippen LogP contribution in [0.5, 0.6) is 0 Å². The summed E-state index contributed by atoms with van der Waals surface area (Å²) in [6.07, 6.45) is 4.47. The number of amides is 2. The van der Waals surface area contributed by atoms with E-state index < -0.39 is 47.9 Å². The summed E-state index contributed by atoms with van der Waals surface area (Å²) < 4.78 is 11.9. The molecule has 0 spiro atoms. The molecular weight excluding hydrogens is 562 g/mol. The molecule has 2 aromatic rings. The molecule has 11 heteroatoms. The first kappa shape index (κ1) is 33.5. The number of hydrogen-bond donors (Lipinski definition) is 4. The van der Waals surface area contributed by atoms with Crippen molar-refractivity contribution in [3.8, 4) is 0 Å². The molecule has 5 atom stereocenters. The maximum absolute atomic E-state index is 13.3. The fourth-order valence-corrected chi connectivity index (χ4v) is 5.49. The Labute approximate surface area is 259 Å². The van der Waals surface area contributed by atoms with E-state index in [2.05, 4.69) is 16.1 Å². The molecule has 1 fully saturated rings. The smallest absolute Gasteiger partial charge is 0.325 e. The van der Waals surface area contributed by atoms with Crippen molar-refractivity contribution in [1.29, 1.82) is 0 Å². The summed E-state index contributed by atoms with van der Waals surface area (Å²) in [6.45, 7) is 11.8. The van der Waals surface area contributed by atoms with Crippen LogP contribution in [0.3, 0.4) is 0 Å². The van der Waals surface area contributed by atoms with E-state index in [0.29, 0.717) is 38.1 Å². The molecule has 1 saturated heterocycles. The standard InChI is InChI=1S/C33H47N5O6/c1-20(2)29-30(40)34-21(3)31(41)38-16-9-11-26(37-38)32(42)44-22(4)25-15-14-24-13-12-23(18-27(24)35-25)10-7-8-17-43-33(5,6)19-28(39)36-29/h7,10,12-15,18,20-22,26,28-29,36-37,39H,8-9,11,16-17,19H2,1-6H3,(H,34,40)/b10-7+/t21-,22+,26-,28?,29-/m0/s1. The molecular formula is C33H47N5O6. The maximum Gasteiger partial charge on any atom is 0.325 e. The first-order valence-electron chi connectivity index (χ1n) is 15.6. The third kappa shape index (κ3) is 8.84. The van der Waals surface area contributed by atoms with E-state index in [4.69, 9.17) is 14.5 Å². The van der Waals surface area contributed by atoms with Gasteiger partial charge in [0.05, 0.1) is 29.5 Å². The number of carbonyl (C=O) groups excluding carboxylic acids is 3. The quantitative estimate of drug-likeness (QED) is 0.358. The Bertz CT molecular complexity index is 1360. The predicted octanol–water partition coefficient (Wildman–Crippen LogP) is 3.37. The van der Waals surface area contributed by atoms with Crippen molar-refractivity contribution >= 4 is 34.8 Å². The first-order chi connectivity index (χ1) is 20.8. The molecule has 1 aromatic heterocycles. The fourth-order valence-electron chi connectivity index (χ4n) is 5.49. The number of aliphatic hydroxyl groups is 1. The van der Waals surface area contributed by atoms with E-state index in [-0.39, 0.29) is 18.2 Å². The lowest BCUT2D eigenvalue weighted by atomic mass is 9.99. The largest absolute Gasteiger partial charge is 0.455 e. The van der Waals surface area contributed by atoms with Gasteiger partial charge in [-0.2, -0.15) is 0 Å². The molecule has 0 radical (unpaired) electrons. The van der Waals surface area contributed by atoms with E-state index in [1.54, 1.807) is 13.8 Å². The summed E-state index contributed by atoms with van der Waals surface area (Å²) in [7, 11) is 0. The van der Waals surface area contributed by atoms with E-state index >= 15 is 0 Å². The number of carbonyl (C=O) groups is 3. The SMILES string of the molecule is CC(C)[C@@H]1NC(O)CC(C)(C)OCC/C=C/c2ccc3ccc(nc3c2)[C@@H](C)OC(=O)[C@@H]2CCCN(N2)C(=O)[C@H](C)NC1=O. The predicted molar refractivity (Wildman–Crippen MR) is 168 cm³/mol. The Morgan fingerprint density at radius 3 is 2.61 bits per heavy atom. The molecule has 0 saturated carbocycles. The number of fused-ring (bicyclic) bond motifs is 4. The minimum atomic E-state index is -1.01. The number of hydrogen-bond acceptors (Lipinski definition) is 9. The number of esters is 1. The average molecular weight is 610 g/mol. The normalized spacial score (nSPS) is 28.8. The lowest BCUT2D eigenvalue weighted by Crippen LogP contribution is -2.61. The second kappa shape index (κ2) is 14.6. The molecule has 3 heterocycles. The number of nitrogens with one attached hydrogen (secondary N) is 3. The molecule has 240 valence electrons. The molecule has 2 aliphatic heterocycles. The highest BCUT2D eigenvalue weighted by molar-refractivity contribution is 5.90. The fraction of sp³-hybridized carbons (Fsp3) is 0.576. The summed E-state index contributed by atoms with van der Waals surface area (Å²) in [6, 6.07) is 7.51. The monoisotopic (exact) mass is 609 g/mol. The highest BCUT2D eigenvalue weighted by Gasteiger charge is 2.34. The van der Waals surface area contributed by atoms with Gasteiger partial charge in [-0.3, -0.25) is 24.7 Å². The van der Waals surface area contributed by atoms with Gasteiger partial charge in [0.2, 0.25) is 5.91 Å². The first-order valence-corrected chi connectivity index (χ1v) is 15.6. The Kier molecular flexibility index (Phi) is 11.1. The second-order valence-electron chi connectivity index (χ2n) is 12.7. The number of ether oxygens (including phenoxy) is 2. The van der Waals surface area contributed by atoms with Crippen LogP contribution in [-0.4, -0.2) is 76.0 Å². The number of hydrazine groups is 1. The van der Waals surface area contributed by atoms with Crippen LogP contribution in [0.1, 0.15) is 84.6 Å². The van der Waals surface area contributed by atoms with Crippen molar-refractivity contribution in [1.82, 2.24) is 26.1 Å². The zero-order valence-corrected chi connectivity index (χ0v) is 26.6. The number of aliphatic hydroxyl groups excluding tert-OH is 1. The van der Waals surface area contributed by atoms with Gasteiger partial charge in [-0.05, 0) is 70.6 Å². The summed E-state index contributed by atoms with van der Waals surface area (Å²) in [5.41, 5.74) is 4.75. The molecule has 4 rings (SSSR count). The Morgan fingerprint density at radius 1 is 1.11 bits per heavy atom. The van der Waals surface area contributed by atoms with Crippen LogP contribution in [0.25, 0.3) is 17.0 Å². The number of nitrogens with zero attached hydrogens (tertiary/aromatic N) is 2. The van der Waals surface area contributed by atoms with Crippen LogP contribution in [-0.2, 0) is 23.9 Å². The van der Waals surface area contributed by atoms with Crippen molar-refractivity contribution in [3.05, 3.63) is 47.7 Å². The highest BCUT2D eigenvalue weighted by atomic mass is 16.5. The van der Waals surface area contributed by atoms with Gasteiger partial charge in [0.15, 0.2) is 0 Å². The van der Waals surface area contributed by atoms with Crippen LogP contribution < -0.4 is 16.1 Å². The minimum Gasteiger partial charge on any atom is -0.455 e. The van der Waals surface area contributed by atoms with Gasteiger partial charge in [0.1, 0.15) is 24.4 Å². The highest BCUT2D eigenvalue weighted by Crippen LogP contribution is 2.23. The number of rotatable bonds is 1. The van der Waals surface area contributed by atoms with Gasteiger partial charge < -0.3 is 19.9 Å². The Hall–Kier alpha value is -3.38.